The monoisotopic (exact) mass is 360 g/mol. The Morgan fingerprint density at radius 3 is 2.42 bits per heavy atom. The third-order valence-electron chi connectivity index (χ3n) is 3.99. The molecule has 0 spiro atoms. The van der Waals surface area contributed by atoms with Crippen LogP contribution in [0.5, 0.6) is 0 Å². The molecule has 1 aliphatic rings. The third kappa shape index (κ3) is 12.5. The molecule has 3 atom stereocenters. The molecule has 1 fully saturated rings. The highest BCUT2D eigenvalue weighted by Gasteiger charge is 2.35. The number of ether oxygens (including phenoxy) is 1. The maximum Gasteiger partial charge on any atom is 0.303 e. The van der Waals surface area contributed by atoms with Crippen molar-refractivity contribution in [1.29, 1.82) is 0 Å². The highest BCUT2D eigenvalue weighted by molar-refractivity contribution is 5.66. The van der Waals surface area contributed by atoms with Crippen LogP contribution in [-0.2, 0) is 9.53 Å². The second kappa shape index (κ2) is 14.3. The highest BCUT2D eigenvalue weighted by atomic mass is 16.6. The van der Waals surface area contributed by atoms with E-state index in [-0.39, 0.29) is 6.42 Å². The molecule has 1 rings (SSSR count). The molecule has 0 radical (unpaired) electrons. The Morgan fingerprint density at radius 2 is 1.73 bits per heavy atom. The first-order valence-corrected chi connectivity index (χ1v) is 9.47. The van der Waals surface area contributed by atoms with Crippen molar-refractivity contribution in [3.8, 4) is 0 Å². The number of hydrogen-bond donors (Lipinski definition) is 2. The molecule has 1 saturated heterocycles. The Balaban J connectivity index is 2.00. The minimum Gasteiger partial charge on any atom is -0.481 e. The first-order chi connectivity index (χ1) is 12.6. The topological polar surface area (TPSA) is 70.1 Å². The summed E-state index contributed by atoms with van der Waals surface area (Å²) < 4.78 is 5.48. The predicted molar refractivity (Wildman–Crippen MR) is 106 cm³/mol. The molecule has 0 aliphatic carbocycles. The van der Waals surface area contributed by atoms with Crippen LogP contribution in [0.15, 0.2) is 60.8 Å². The van der Waals surface area contributed by atoms with Gasteiger partial charge in [-0.2, -0.15) is 0 Å². The van der Waals surface area contributed by atoms with Gasteiger partial charge in [-0.3, -0.25) is 4.79 Å². The SMILES string of the molecule is CCC1OC1C/C=C\C/C=C\C/C=C\C=C\C(O)C/C=C\CCC(=O)O. The van der Waals surface area contributed by atoms with E-state index in [1.54, 1.807) is 12.2 Å². The summed E-state index contributed by atoms with van der Waals surface area (Å²) >= 11 is 0. The normalized spacial score (nSPS) is 21.8. The molecule has 0 aromatic carbocycles. The number of carboxylic acids is 1. The van der Waals surface area contributed by atoms with Gasteiger partial charge < -0.3 is 14.9 Å². The molecule has 0 aromatic rings. The predicted octanol–water partition coefficient (Wildman–Crippen LogP) is 4.73. The molecule has 4 nitrogen and oxygen atoms in total. The van der Waals surface area contributed by atoms with Crippen molar-refractivity contribution in [3.05, 3.63) is 60.8 Å². The van der Waals surface area contributed by atoms with Gasteiger partial charge in [0.1, 0.15) is 0 Å². The Kier molecular flexibility index (Phi) is 12.2. The van der Waals surface area contributed by atoms with Crippen molar-refractivity contribution < 1.29 is 19.7 Å². The average Bonchev–Trinajstić information content (AvgIpc) is 3.37. The highest BCUT2D eigenvalue weighted by Crippen LogP contribution is 2.28. The van der Waals surface area contributed by atoms with Crippen LogP contribution in [0.1, 0.15) is 51.9 Å². The molecule has 4 heteroatoms. The number of allylic oxidation sites excluding steroid dienone is 7. The molecule has 144 valence electrons. The fourth-order valence-electron chi connectivity index (χ4n) is 2.41. The molecular formula is C22H32O4. The van der Waals surface area contributed by atoms with Crippen LogP contribution >= 0.6 is 0 Å². The standard InChI is InChI=1S/C22H32O4/c1-2-20-21(26-20)17-13-9-7-5-3-4-6-8-11-15-19(23)16-12-10-14-18-22(24)25/h3,5-6,8-13,15,19-21,23H,2,4,7,14,16-18H2,1H3,(H,24,25)/b5-3-,8-6-,12-10-,13-9-,15-11+. The van der Waals surface area contributed by atoms with Gasteiger partial charge in [0.2, 0.25) is 0 Å². The maximum atomic E-state index is 10.3. The molecule has 2 N–H and O–H groups in total. The second-order valence-electron chi connectivity index (χ2n) is 6.29. The van der Waals surface area contributed by atoms with E-state index in [4.69, 9.17) is 9.84 Å². The number of aliphatic hydroxyl groups is 1. The first-order valence-electron chi connectivity index (χ1n) is 9.47. The van der Waals surface area contributed by atoms with E-state index in [1.165, 1.54) is 0 Å². The van der Waals surface area contributed by atoms with Crippen LogP contribution in [0.25, 0.3) is 0 Å². The first kappa shape index (κ1) is 22.1. The van der Waals surface area contributed by atoms with E-state index in [0.717, 1.165) is 25.7 Å². The number of epoxide rings is 1. The van der Waals surface area contributed by atoms with Crippen LogP contribution in [0.3, 0.4) is 0 Å². The number of aliphatic hydroxyl groups excluding tert-OH is 1. The van der Waals surface area contributed by atoms with Crippen molar-refractivity contribution in [1.82, 2.24) is 0 Å². The van der Waals surface area contributed by atoms with E-state index in [0.29, 0.717) is 25.0 Å². The minimum atomic E-state index is -0.803. The van der Waals surface area contributed by atoms with E-state index in [2.05, 4.69) is 31.2 Å². The molecular weight excluding hydrogens is 328 g/mol. The van der Waals surface area contributed by atoms with E-state index >= 15 is 0 Å². The van der Waals surface area contributed by atoms with Gasteiger partial charge in [-0.05, 0) is 38.5 Å². The van der Waals surface area contributed by atoms with E-state index < -0.39 is 12.1 Å². The fraction of sp³-hybridized carbons (Fsp3) is 0.500. The lowest BCUT2D eigenvalue weighted by Gasteiger charge is -1.98. The van der Waals surface area contributed by atoms with Crippen LogP contribution in [0.2, 0.25) is 0 Å². The van der Waals surface area contributed by atoms with Crippen LogP contribution in [0, 0.1) is 0 Å². The molecule has 0 bridgehead atoms. The van der Waals surface area contributed by atoms with Gasteiger partial charge in [0.25, 0.3) is 0 Å². The third-order valence-corrected chi connectivity index (χ3v) is 3.99. The quantitative estimate of drug-likeness (QED) is 0.267. The Hall–Kier alpha value is -1.91. The Morgan fingerprint density at radius 1 is 1.00 bits per heavy atom. The molecule has 1 aliphatic heterocycles. The van der Waals surface area contributed by atoms with Gasteiger partial charge in [-0.25, -0.2) is 0 Å². The van der Waals surface area contributed by atoms with E-state index in [9.17, 15) is 9.90 Å². The maximum absolute atomic E-state index is 10.3. The summed E-state index contributed by atoms with van der Waals surface area (Å²) in [6.45, 7) is 2.16. The molecule has 0 amide bonds. The van der Waals surface area contributed by atoms with Gasteiger partial charge in [0, 0.05) is 6.42 Å². The summed E-state index contributed by atoms with van der Waals surface area (Å²) in [6.07, 6.45) is 25.2. The van der Waals surface area contributed by atoms with Crippen molar-refractivity contribution in [2.45, 2.75) is 70.2 Å². The van der Waals surface area contributed by atoms with Gasteiger partial charge in [-0.15, -0.1) is 0 Å². The van der Waals surface area contributed by atoms with Crippen molar-refractivity contribution >= 4 is 5.97 Å². The largest absolute Gasteiger partial charge is 0.481 e. The van der Waals surface area contributed by atoms with Crippen molar-refractivity contribution in [2.75, 3.05) is 0 Å². The van der Waals surface area contributed by atoms with Crippen molar-refractivity contribution in [2.24, 2.45) is 0 Å². The van der Waals surface area contributed by atoms with Crippen LogP contribution in [0.4, 0.5) is 0 Å². The molecule has 1 heterocycles. The smallest absolute Gasteiger partial charge is 0.303 e. The molecule has 0 saturated carbocycles. The van der Waals surface area contributed by atoms with Crippen LogP contribution < -0.4 is 0 Å². The minimum absolute atomic E-state index is 0.128. The fourth-order valence-corrected chi connectivity index (χ4v) is 2.41. The summed E-state index contributed by atoms with van der Waals surface area (Å²) in [5.41, 5.74) is 0. The summed E-state index contributed by atoms with van der Waals surface area (Å²) in [5.74, 6) is -0.803. The lowest BCUT2D eigenvalue weighted by atomic mass is 10.2. The molecule has 3 unspecified atom stereocenters. The zero-order valence-electron chi connectivity index (χ0n) is 15.7. The lowest BCUT2D eigenvalue weighted by Crippen LogP contribution is -1.99. The number of carboxylic acid groups (broad SMARTS) is 1. The summed E-state index contributed by atoms with van der Waals surface area (Å²) in [4.78, 5) is 10.3. The van der Waals surface area contributed by atoms with Gasteiger partial charge in [0.05, 0.1) is 18.3 Å². The Labute approximate surface area is 157 Å². The second-order valence-corrected chi connectivity index (χ2v) is 6.29. The van der Waals surface area contributed by atoms with Gasteiger partial charge in [-0.1, -0.05) is 67.7 Å². The summed E-state index contributed by atoms with van der Waals surface area (Å²) in [6, 6.07) is 0. The molecule has 0 aromatic heterocycles. The van der Waals surface area contributed by atoms with Gasteiger partial charge >= 0.3 is 5.97 Å². The lowest BCUT2D eigenvalue weighted by molar-refractivity contribution is -0.136. The number of rotatable bonds is 14. The number of carbonyl (C=O) groups is 1. The van der Waals surface area contributed by atoms with Crippen LogP contribution in [-0.4, -0.2) is 34.5 Å². The zero-order valence-corrected chi connectivity index (χ0v) is 15.7. The van der Waals surface area contributed by atoms with Gasteiger partial charge in [0.15, 0.2) is 0 Å². The number of hydrogen-bond acceptors (Lipinski definition) is 3. The number of aliphatic carboxylic acids is 1. The van der Waals surface area contributed by atoms with E-state index in [1.807, 2.05) is 24.3 Å². The Bertz CT molecular complexity index is 528. The average molecular weight is 360 g/mol. The van der Waals surface area contributed by atoms with Crippen molar-refractivity contribution in [3.63, 3.8) is 0 Å². The zero-order chi connectivity index (χ0) is 19.0. The summed E-state index contributed by atoms with van der Waals surface area (Å²) in [7, 11) is 0. The molecule has 26 heavy (non-hydrogen) atoms. The summed E-state index contributed by atoms with van der Waals surface area (Å²) in [5, 5.41) is 18.2.